The largest absolute Gasteiger partial charge is 0.276 e. The first kappa shape index (κ1) is 12.8. The molecule has 0 aromatic heterocycles. The van der Waals surface area contributed by atoms with Crippen LogP contribution in [0.2, 0.25) is 0 Å². The number of nitrogens with zero attached hydrogens (tertiary/aromatic N) is 1. The Kier molecular flexibility index (Phi) is 2.63. The summed E-state index contributed by atoms with van der Waals surface area (Å²) >= 11 is 0. The fourth-order valence-corrected chi connectivity index (χ4v) is 4.09. The highest BCUT2D eigenvalue weighted by molar-refractivity contribution is 7.89. The first-order valence-electron chi connectivity index (χ1n) is 7.09. The Labute approximate surface area is 124 Å². The molecule has 0 spiro atoms. The van der Waals surface area contributed by atoms with Crippen molar-refractivity contribution in [2.45, 2.75) is 11.8 Å². The summed E-state index contributed by atoms with van der Waals surface area (Å²) in [6.07, 6.45) is 8.69. The van der Waals surface area contributed by atoms with Gasteiger partial charge in [0.1, 0.15) is 0 Å². The van der Waals surface area contributed by atoms with Gasteiger partial charge in [0.05, 0.1) is 10.6 Å². The van der Waals surface area contributed by atoms with Crippen molar-refractivity contribution in [2.24, 2.45) is 28.8 Å². The highest BCUT2D eigenvalue weighted by atomic mass is 32.2. The molecule has 0 heterocycles. The van der Waals surface area contributed by atoms with Gasteiger partial charge >= 0.3 is 0 Å². The average molecular weight is 300 g/mol. The molecule has 3 aliphatic carbocycles. The van der Waals surface area contributed by atoms with Crippen LogP contribution in [0, 0.1) is 30.6 Å². The van der Waals surface area contributed by atoms with Crippen LogP contribution in [-0.2, 0) is 10.0 Å². The Hall–Kier alpha value is -1.88. The number of fused-ring (bicyclic) bond motifs is 2. The van der Waals surface area contributed by atoms with Crippen LogP contribution in [0.5, 0.6) is 0 Å². The van der Waals surface area contributed by atoms with Gasteiger partial charge in [-0.3, -0.25) is 0 Å². The van der Waals surface area contributed by atoms with E-state index in [0.29, 0.717) is 17.8 Å². The molecule has 108 valence electrons. The molecule has 2 bridgehead atoms. The van der Waals surface area contributed by atoms with E-state index in [4.69, 9.17) is 0 Å². The lowest BCUT2D eigenvalue weighted by atomic mass is 9.91. The van der Waals surface area contributed by atoms with E-state index in [1.165, 1.54) is 0 Å². The highest BCUT2D eigenvalue weighted by Crippen LogP contribution is 2.56. The zero-order chi connectivity index (χ0) is 14.6. The Morgan fingerprint density at radius 2 is 1.62 bits per heavy atom. The van der Waals surface area contributed by atoms with Gasteiger partial charge in [0.25, 0.3) is 10.0 Å². The second kappa shape index (κ2) is 4.31. The van der Waals surface area contributed by atoms with Gasteiger partial charge in [-0.25, -0.2) is 4.83 Å². The second-order valence-corrected chi connectivity index (χ2v) is 7.58. The van der Waals surface area contributed by atoms with Gasteiger partial charge in [0, 0.05) is 11.8 Å². The maximum atomic E-state index is 12.3. The molecule has 5 heteroatoms. The molecule has 1 aromatic rings. The van der Waals surface area contributed by atoms with E-state index in [2.05, 4.69) is 34.2 Å². The topological polar surface area (TPSA) is 58.5 Å². The summed E-state index contributed by atoms with van der Waals surface area (Å²) in [5.41, 5.74) is 1.98. The van der Waals surface area contributed by atoms with E-state index < -0.39 is 10.0 Å². The van der Waals surface area contributed by atoms with Crippen molar-refractivity contribution in [1.29, 1.82) is 0 Å². The molecule has 2 unspecified atom stereocenters. The Bertz CT molecular complexity index is 755. The third kappa shape index (κ3) is 2.03. The Morgan fingerprint density at radius 3 is 2.24 bits per heavy atom. The molecule has 1 aromatic carbocycles. The number of benzene rings is 1. The molecular formula is C16H16N2O2S. The van der Waals surface area contributed by atoms with E-state index >= 15 is 0 Å². The molecule has 21 heavy (non-hydrogen) atoms. The van der Waals surface area contributed by atoms with Crippen molar-refractivity contribution in [3.05, 3.63) is 54.1 Å². The van der Waals surface area contributed by atoms with Gasteiger partial charge in [-0.1, -0.05) is 42.0 Å². The van der Waals surface area contributed by atoms with Gasteiger partial charge in [0.15, 0.2) is 0 Å². The zero-order valence-corrected chi connectivity index (χ0v) is 12.4. The van der Waals surface area contributed by atoms with E-state index in [9.17, 15) is 8.42 Å². The summed E-state index contributed by atoms with van der Waals surface area (Å²) in [4.78, 5) is 2.65. The Morgan fingerprint density at radius 1 is 1.00 bits per heavy atom. The predicted octanol–water partition coefficient (Wildman–Crippen LogP) is 2.25. The summed E-state index contributed by atoms with van der Waals surface area (Å²) in [6, 6.07) is 6.77. The van der Waals surface area contributed by atoms with Crippen LogP contribution in [-0.4, -0.2) is 14.1 Å². The fourth-order valence-electron chi connectivity index (χ4n) is 3.26. The van der Waals surface area contributed by atoms with Crippen molar-refractivity contribution in [3.8, 4) is 0 Å². The van der Waals surface area contributed by atoms with Crippen molar-refractivity contribution >= 4 is 15.7 Å². The number of aryl methyl sites for hydroxylation is 1. The molecule has 4 rings (SSSR count). The van der Waals surface area contributed by atoms with Crippen molar-refractivity contribution < 1.29 is 8.42 Å². The summed E-state index contributed by atoms with van der Waals surface area (Å²) < 4.78 is 24.5. The quantitative estimate of drug-likeness (QED) is 0.687. The maximum absolute atomic E-state index is 12.3. The monoisotopic (exact) mass is 300 g/mol. The summed E-state index contributed by atoms with van der Waals surface area (Å²) in [5, 5.41) is 4.24. The number of allylic oxidation sites excluding steroid dienone is 4. The van der Waals surface area contributed by atoms with Crippen LogP contribution < -0.4 is 4.83 Å². The minimum absolute atomic E-state index is 0.144. The van der Waals surface area contributed by atoms with E-state index in [1.54, 1.807) is 24.3 Å². The van der Waals surface area contributed by atoms with Crippen molar-refractivity contribution in [1.82, 2.24) is 4.83 Å². The smallest absolute Gasteiger partial charge is 0.200 e. The number of rotatable bonds is 3. The lowest BCUT2D eigenvalue weighted by Crippen LogP contribution is -2.26. The second-order valence-electron chi connectivity index (χ2n) is 5.92. The average Bonchev–Trinajstić information content (AvgIpc) is 3.22. The van der Waals surface area contributed by atoms with Crippen LogP contribution in [0.25, 0.3) is 0 Å². The molecule has 4 nitrogen and oxygen atoms in total. The number of hydrazone groups is 1. The van der Waals surface area contributed by atoms with Crippen LogP contribution in [0.4, 0.5) is 0 Å². The van der Waals surface area contributed by atoms with Crippen molar-refractivity contribution in [3.63, 3.8) is 0 Å². The third-order valence-electron chi connectivity index (χ3n) is 4.52. The van der Waals surface area contributed by atoms with E-state index in [-0.39, 0.29) is 10.8 Å². The lowest BCUT2D eigenvalue weighted by Gasteiger charge is -2.17. The summed E-state index contributed by atoms with van der Waals surface area (Å²) in [5.74, 6) is 1.57. The summed E-state index contributed by atoms with van der Waals surface area (Å²) in [6.45, 7) is 1.93. The van der Waals surface area contributed by atoms with Gasteiger partial charge < -0.3 is 0 Å². The molecule has 2 atom stereocenters. The number of nitrogens with one attached hydrogen (secondary N) is 1. The van der Waals surface area contributed by atoms with Crippen LogP contribution in [0.3, 0.4) is 0 Å². The normalized spacial score (nSPS) is 34.0. The number of sulfonamides is 1. The zero-order valence-electron chi connectivity index (χ0n) is 11.6. The standard InChI is InChI=1S/C16H16N2O2S/c1-10-2-6-12(7-3-10)21(19,20)18-17-16-11-4-8-13-14(9-5-11)15(13)16/h2-9,11,13-15,18H,1H3. The van der Waals surface area contributed by atoms with Gasteiger partial charge in [-0.2, -0.15) is 13.5 Å². The molecule has 1 N–H and O–H groups in total. The SMILES string of the molecule is Cc1ccc(S(=O)(=O)NN=C2C3C=CC4C(C=C3)C24)cc1. The first-order chi connectivity index (χ1) is 10.1. The predicted molar refractivity (Wildman–Crippen MR) is 81.2 cm³/mol. The van der Waals surface area contributed by atoms with E-state index in [1.807, 2.05) is 6.92 Å². The molecule has 0 saturated heterocycles. The maximum Gasteiger partial charge on any atom is 0.276 e. The molecule has 0 amide bonds. The molecule has 3 aliphatic rings. The number of hydrogen-bond donors (Lipinski definition) is 1. The van der Waals surface area contributed by atoms with Crippen LogP contribution >= 0.6 is 0 Å². The Balaban J connectivity index is 1.60. The van der Waals surface area contributed by atoms with Gasteiger partial charge in [-0.05, 0) is 30.9 Å². The molecule has 1 fully saturated rings. The first-order valence-corrected chi connectivity index (χ1v) is 8.57. The van der Waals surface area contributed by atoms with Crippen LogP contribution in [0.15, 0.2) is 58.6 Å². The fraction of sp³-hybridized carbons (Fsp3) is 0.312. The lowest BCUT2D eigenvalue weighted by molar-refractivity contribution is 0.583. The molecule has 0 radical (unpaired) electrons. The highest BCUT2D eigenvalue weighted by Gasteiger charge is 2.55. The van der Waals surface area contributed by atoms with Crippen LogP contribution in [0.1, 0.15) is 5.56 Å². The van der Waals surface area contributed by atoms with Gasteiger partial charge in [0.2, 0.25) is 0 Å². The minimum Gasteiger partial charge on any atom is -0.200 e. The summed E-state index contributed by atoms with van der Waals surface area (Å²) in [7, 11) is -3.58. The van der Waals surface area contributed by atoms with E-state index in [0.717, 1.165) is 11.3 Å². The number of hydrogen-bond acceptors (Lipinski definition) is 3. The van der Waals surface area contributed by atoms with Crippen molar-refractivity contribution in [2.75, 3.05) is 0 Å². The third-order valence-corrected chi connectivity index (χ3v) is 5.75. The van der Waals surface area contributed by atoms with Gasteiger partial charge in [-0.15, -0.1) is 0 Å². The molecular weight excluding hydrogens is 284 g/mol. The molecule has 1 saturated carbocycles. The minimum atomic E-state index is -3.58. The molecule has 0 aliphatic heterocycles.